The first-order valence-electron chi connectivity index (χ1n) is 6.36. The van der Waals surface area contributed by atoms with Gasteiger partial charge in [-0.05, 0) is 18.9 Å². The van der Waals surface area contributed by atoms with Gasteiger partial charge in [-0.3, -0.25) is 10.1 Å². The zero-order valence-corrected chi connectivity index (χ0v) is 11.4. The van der Waals surface area contributed by atoms with Crippen LogP contribution in [0.5, 0.6) is 0 Å². The second kappa shape index (κ2) is 5.79. The molecule has 0 fully saturated rings. The third-order valence-electron chi connectivity index (χ3n) is 3.09. The number of hydrogen-bond acceptors (Lipinski definition) is 5. The summed E-state index contributed by atoms with van der Waals surface area (Å²) in [7, 11) is 0. The van der Waals surface area contributed by atoms with Crippen LogP contribution in [0.4, 0.5) is 5.69 Å². The van der Waals surface area contributed by atoms with E-state index in [2.05, 4.69) is 10.2 Å². The molecule has 0 amide bonds. The molecule has 20 heavy (non-hydrogen) atoms. The Morgan fingerprint density at radius 2 is 2.15 bits per heavy atom. The van der Waals surface area contributed by atoms with Crippen molar-refractivity contribution in [2.75, 3.05) is 0 Å². The van der Waals surface area contributed by atoms with Crippen molar-refractivity contribution < 1.29 is 10.0 Å². The Morgan fingerprint density at radius 1 is 1.40 bits per heavy atom. The van der Waals surface area contributed by atoms with E-state index in [4.69, 9.17) is 0 Å². The highest BCUT2D eigenvalue weighted by Crippen LogP contribution is 2.27. The van der Waals surface area contributed by atoms with Gasteiger partial charge in [-0.1, -0.05) is 13.0 Å². The number of nitro benzene ring substituents is 1. The summed E-state index contributed by atoms with van der Waals surface area (Å²) in [5.74, 6) is 1.02. The van der Waals surface area contributed by atoms with Gasteiger partial charge in [0, 0.05) is 24.2 Å². The predicted molar refractivity (Wildman–Crippen MR) is 73.1 cm³/mol. The van der Waals surface area contributed by atoms with Crippen LogP contribution < -0.4 is 0 Å². The van der Waals surface area contributed by atoms with E-state index in [1.165, 1.54) is 12.1 Å². The van der Waals surface area contributed by atoms with Crippen LogP contribution in [0.15, 0.2) is 18.2 Å². The molecule has 0 aliphatic carbocycles. The average molecular weight is 276 g/mol. The van der Waals surface area contributed by atoms with Gasteiger partial charge in [0.05, 0.1) is 4.92 Å². The van der Waals surface area contributed by atoms with Gasteiger partial charge in [0.15, 0.2) is 11.6 Å². The van der Waals surface area contributed by atoms with Gasteiger partial charge in [0.2, 0.25) is 0 Å². The molecule has 7 nitrogen and oxygen atoms in total. The van der Waals surface area contributed by atoms with E-state index in [0.29, 0.717) is 23.8 Å². The zero-order valence-electron chi connectivity index (χ0n) is 11.4. The SMILES string of the molecule is CCCn1c(CO)nnc1-c1cc([N+](=O)[O-])ccc1C. The molecule has 106 valence electrons. The summed E-state index contributed by atoms with van der Waals surface area (Å²) in [5.41, 5.74) is 1.56. The van der Waals surface area contributed by atoms with Gasteiger partial charge < -0.3 is 9.67 Å². The second-order valence-corrected chi connectivity index (χ2v) is 4.51. The van der Waals surface area contributed by atoms with Crippen molar-refractivity contribution in [3.8, 4) is 11.4 Å². The monoisotopic (exact) mass is 276 g/mol. The number of aliphatic hydroxyl groups is 1. The summed E-state index contributed by atoms with van der Waals surface area (Å²) in [6.45, 7) is 4.31. The van der Waals surface area contributed by atoms with Crippen molar-refractivity contribution in [2.24, 2.45) is 0 Å². The average Bonchev–Trinajstić information content (AvgIpc) is 2.82. The first kappa shape index (κ1) is 14.1. The largest absolute Gasteiger partial charge is 0.388 e. The Kier molecular flexibility index (Phi) is 4.09. The molecule has 0 saturated heterocycles. The van der Waals surface area contributed by atoms with E-state index in [0.717, 1.165) is 12.0 Å². The maximum atomic E-state index is 10.9. The maximum absolute atomic E-state index is 10.9. The molecule has 0 aliphatic rings. The molecule has 0 bridgehead atoms. The smallest absolute Gasteiger partial charge is 0.270 e. The van der Waals surface area contributed by atoms with E-state index in [-0.39, 0.29) is 12.3 Å². The molecule has 1 N–H and O–H groups in total. The van der Waals surface area contributed by atoms with Crippen LogP contribution in [0.2, 0.25) is 0 Å². The summed E-state index contributed by atoms with van der Waals surface area (Å²) >= 11 is 0. The fourth-order valence-electron chi connectivity index (χ4n) is 2.07. The first-order chi connectivity index (χ1) is 9.58. The molecular formula is C13H16N4O3. The lowest BCUT2D eigenvalue weighted by molar-refractivity contribution is -0.384. The van der Waals surface area contributed by atoms with Crippen molar-refractivity contribution in [3.63, 3.8) is 0 Å². The summed E-state index contributed by atoms with van der Waals surface area (Å²) < 4.78 is 1.80. The topological polar surface area (TPSA) is 94.1 Å². The number of non-ortho nitro benzene ring substituents is 1. The quantitative estimate of drug-likeness (QED) is 0.666. The maximum Gasteiger partial charge on any atom is 0.270 e. The fourth-order valence-corrected chi connectivity index (χ4v) is 2.07. The Hall–Kier alpha value is -2.28. The van der Waals surface area contributed by atoms with Crippen LogP contribution in [0.1, 0.15) is 24.7 Å². The van der Waals surface area contributed by atoms with E-state index in [9.17, 15) is 15.2 Å². The molecule has 7 heteroatoms. The van der Waals surface area contributed by atoms with Crippen molar-refractivity contribution in [1.82, 2.24) is 14.8 Å². The number of nitrogens with zero attached hydrogens (tertiary/aromatic N) is 4. The van der Waals surface area contributed by atoms with Gasteiger partial charge in [-0.15, -0.1) is 10.2 Å². The standard InChI is InChI=1S/C13H16N4O3/c1-3-6-16-12(8-18)14-15-13(16)11-7-10(17(19)20)5-4-9(11)2/h4-5,7,18H,3,6,8H2,1-2H3. The lowest BCUT2D eigenvalue weighted by Crippen LogP contribution is -2.06. The molecule has 0 aliphatic heterocycles. The lowest BCUT2D eigenvalue weighted by atomic mass is 10.1. The summed E-state index contributed by atoms with van der Waals surface area (Å²) in [4.78, 5) is 10.5. The van der Waals surface area contributed by atoms with E-state index in [1.54, 1.807) is 10.6 Å². The minimum Gasteiger partial charge on any atom is -0.388 e. The lowest BCUT2D eigenvalue weighted by Gasteiger charge is -2.09. The Bertz CT molecular complexity index is 637. The number of aromatic nitrogens is 3. The number of rotatable bonds is 5. The summed E-state index contributed by atoms with van der Waals surface area (Å²) in [6.07, 6.45) is 0.853. The van der Waals surface area contributed by atoms with Gasteiger partial charge in [0.1, 0.15) is 6.61 Å². The van der Waals surface area contributed by atoms with Crippen molar-refractivity contribution in [2.45, 2.75) is 33.4 Å². The van der Waals surface area contributed by atoms with E-state index >= 15 is 0 Å². The highest BCUT2D eigenvalue weighted by Gasteiger charge is 2.17. The number of hydrogen-bond donors (Lipinski definition) is 1. The van der Waals surface area contributed by atoms with E-state index in [1.807, 2.05) is 13.8 Å². The molecule has 0 atom stereocenters. The molecule has 0 radical (unpaired) electrons. The Balaban J connectivity index is 2.58. The van der Waals surface area contributed by atoms with E-state index < -0.39 is 4.92 Å². The Labute approximate surface area is 116 Å². The molecule has 2 rings (SSSR count). The molecule has 0 spiro atoms. The number of aryl methyl sites for hydroxylation is 1. The van der Waals surface area contributed by atoms with Crippen LogP contribution >= 0.6 is 0 Å². The van der Waals surface area contributed by atoms with Crippen molar-refractivity contribution in [1.29, 1.82) is 0 Å². The molecule has 2 aromatic rings. The summed E-state index contributed by atoms with van der Waals surface area (Å²) in [6, 6.07) is 4.65. The van der Waals surface area contributed by atoms with Gasteiger partial charge in [-0.2, -0.15) is 0 Å². The molecule has 1 heterocycles. The van der Waals surface area contributed by atoms with Crippen LogP contribution in [0.25, 0.3) is 11.4 Å². The predicted octanol–water partition coefficient (Wildman–Crippen LogP) is 2.06. The highest BCUT2D eigenvalue weighted by molar-refractivity contribution is 5.64. The molecule has 0 saturated carbocycles. The second-order valence-electron chi connectivity index (χ2n) is 4.51. The van der Waals surface area contributed by atoms with Crippen molar-refractivity contribution in [3.05, 3.63) is 39.7 Å². The van der Waals surface area contributed by atoms with Crippen LogP contribution in [0, 0.1) is 17.0 Å². The minimum atomic E-state index is -0.434. The van der Waals surface area contributed by atoms with Crippen LogP contribution in [-0.2, 0) is 13.2 Å². The summed E-state index contributed by atoms with van der Waals surface area (Å²) in [5, 5.41) is 28.2. The fraction of sp³-hybridized carbons (Fsp3) is 0.385. The number of aliphatic hydroxyl groups excluding tert-OH is 1. The molecular weight excluding hydrogens is 260 g/mol. The number of nitro groups is 1. The third kappa shape index (κ3) is 2.53. The molecule has 1 aromatic carbocycles. The molecule has 0 unspecified atom stereocenters. The Morgan fingerprint density at radius 3 is 2.75 bits per heavy atom. The molecule has 1 aromatic heterocycles. The van der Waals surface area contributed by atoms with Crippen LogP contribution in [0.3, 0.4) is 0 Å². The zero-order chi connectivity index (χ0) is 14.7. The first-order valence-corrected chi connectivity index (χ1v) is 6.36. The third-order valence-corrected chi connectivity index (χ3v) is 3.09. The van der Waals surface area contributed by atoms with Gasteiger partial charge in [-0.25, -0.2) is 0 Å². The normalized spacial score (nSPS) is 10.8. The minimum absolute atomic E-state index is 0.0159. The van der Waals surface area contributed by atoms with Crippen molar-refractivity contribution >= 4 is 5.69 Å². The van der Waals surface area contributed by atoms with Gasteiger partial charge >= 0.3 is 0 Å². The van der Waals surface area contributed by atoms with Crippen LogP contribution in [-0.4, -0.2) is 24.8 Å². The van der Waals surface area contributed by atoms with Gasteiger partial charge in [0.25, 0.3) is 5.69 Å². The number of benzene rings is 1. The highest BCUT2D eigenvalue weighted by atomic mass is 16.6.